The molecule has 3 amide bonds. The largest absolute Gasteiger partial charge is 0.491 e. The number of aliphatic hydroxyl groups excluding tert-OH is 1. The molecule has 0 saturated carbocycles. The van der Waals surface area contributed by atoms with Gasteiger partial charge in [0.2, 0.25) is 0 Å². The first kappa shape index (κ1) is 22.3. The summed E-state index contributed by atoms with van der Waals surface area (Å²) in [7, 11) is 1.30. The molecular formula is C25H24N2O6. The quantitative estimate of drug-likeness (QED) is 0.425. The average molecular weight is 448 g/mol. The van der Waals surface area contributed by atoms with Crippen molar-refractivity contribution in [3.63, 3.8) is 0 Å². The van der Waals surface area contributed by atoms with Crippen molar-refractivity contribution in [2.24, 2.45) is 0 Å². The molecule has 1 heterocycles. The minimum Gasteiger partial charge on any atom is -0.491 e. The van der Waals surface area contributed by atoms with E-state index in [1.165, 1.54) is 7.11 Å². The molecule has 1 saturated heterocycles. The van der Waals surface area contributed by atoms with Crippen molar-refractivity contribution < 1.29 is 29.0 Å². The summed E-state index contributed by atoms with van der Waals surface area (Å²) in [6, 6.07) is 19.0. The van der Waals surface area contributed by atoms with E-state index in [0.29, 0.717) is 16.9 Å². The monoisotopic (exact) mass is 448 g/mol. The molecule has 8 nitrogen and oxygen atoms in total. The third-order valence-electron chi connectivity index (χ3n) is 5.71. The Hall–Kier alpha value is -3.91. The van der Waals surface area contributed by atoms with Gasteiger partial charge in [-0.1, -0.05) is 36.4 Å². The summed E-state index contributed by atoms with van der Waals surface area (Å²) in [5, 5.41) is 15.1. The second kappa shape index (κ2) is 8.91. The van der Waals surface area contributed by atoms with Crippen molar-refractivity contribution in [2.75, 3.05) is 20.3 Å². The van der Waals surface area contributed by atoms with Gasteiger partial charge in [-0.25, -0.2) is 9.59 Å². The highest BCUT2D eigenvalue weighted by molar-refractivity contribution is 6.07. The molecule has 33 heavy (non-hydrogen) atoms. The molecule has 1 aliphatic heterocycles. The Kier molecular flexibility index (Phi) is 6.02. The number of carbonyl (C=O) groups is 3. The van der Waals surface area contributed by atoms with E-state index in [4.69, 9.17) is 4.74 Å². The molecule has 3 aromatic carbocycles. The number of urea groups is 1. The second-order valence-electron chi connectivity index (χ2n) is 8.01. The molecule has 4 rings (SSSR count). The molecule has 2 unspecified atom stereocenters. The summed E-state index contributed by atoms with van der Waals surface area (Å²) in [5.41, 5.74) is -0.193. The lowest BCUT2D eigenvalue weighted by Crippen LogP contribution is -2.42. The lowest BCUT2D eigenvalue weighted by atomic mass is 9.90. The molecule has 0 bridgehead atoms. The number of methoxy groups -OCH3 is 1. The number of nitrogens with one attached hydrogen (secondary N) is 1. The maximum Gasteiger partial charge on any atom is 0.337 e. The van der Waals surface area contributed by atoms with E-state index >= 15 is 0 Å². The van der Waals surface area contributed by atoms with Gasteiger partial charge in [0, 0.05) is 0 Å². The van der Waals surface area contributed by atoms with E-state index in [-0.39, 0.29) is 13.2 Å². The predicted molar refractivity (Wildman–Crippen MR) is 121 cm³/mol. The van der Waals surface area contributed by atoms with Gasteiger partial charge in [-0.05, 0) is 53.6 Å². The zero-order valence-electron chi connectivity index (χ0n) is 18.3. The highest BCUT2D eigenvalue weighted by Gasteiger charge is 2.49. The van der Waals surface area contributed by atoms with Crippen LogP contribution in [0.2, 0.25) is 0 Å². The van der Waals surface area contributed by atoms with Crippen LogP contribution in [0.15, 0.2) is 66.7 Å². The van der Waals surface area contributed by atoms with Crippen LogP contribution < -0.4 is 10.1 Å². The summed E-state index contributed by atoms with van der Waals surface area (Å²) in [4.78, 5) is 38.2. The number of amides is 3. The van der Waals surface area contributed by atoms with Crippen LogP contribution in [0.25, 0.3) is 10.8 Å². The number of benzene rings is 3. The molecule has 0 aromatic heterocycles. The summed E-state index contributed by atoms with van der Waals surface area (Å²) < 4.78 is 10.2. The molecule has 1 fully saturated rings. The zero-order chi connectivity index (χ0) is 23.6. The molecule has 170 valence electrons. The van der Waals surface area contributed by atoms with Gasteiger partial charge in [0.25, 0.3) is 5.91 Å². The Labute approximate surface area is 190 Å². The van der Waals surface area contributed by atoms with E-state index in [0.717, 1.165) is 15.7 Å². The number of ether oxygens (including phenoxy) is 2. The minimum absolute atomic E-state index is 0.138. The SMILES string of the molecule is COC(=O)c1ccc(OCC(O)CN2C(=O)NC(C)(c3ccc4ccccc4c3)C2=O)cc1. The van der Waals surface area contributed by atoms with Gasteiger partial charge >= 0.3 is 12.0 Å². The topological polar surface area (TPSA) is 105 Å². The van der Waals surface area contributed by atoms with Crippen molar-refractivity contribution in [1.29, 1.82) is 0 Å². The Morgan fingerprint density at radius 2 is 1.76 bits per heavy atom. The van der Waals surface area contributed by atoms with Crippen LogP contribution in [0, 0.1) is 0 Å². The molecular weight excluding hydrogens is 424 g/mol. The average Bonchev–Trinajstić information content (AvgIpc) is 3.06. The smallest absolute Gasteiger partial charge is 0.337 e. The van der Waals surface area contributed by atoms with E-state index in [9.17, 15) is 19.5 Å². The number of β-amino-alcohol motifs (C(OH)–C–C–N with tert-alkyl or cyclic N) is 1. The molecule has 0 spiro atoms. The number of carbonyl (C=O) groups excluding carboxylic acids is 3. The molecule has 3 aromatic rings. The van der Waals surface area contributed by atoms with Crippen molar-refractivity contribution in [1.82, 2.24) is 10.2 Å². The highest BCUT2D eigenvalue weighted by Crippen LogP contribution is 2.31. The zero-order valence-corrected chi connectivity index (χ0v) is 18.3. The van der Waals surface area contributed by atoms with Crippen LogP contribution in [-0.4, -0.2) is 54.3 Å². The van der Waals surface area contributed by atoms with Gasteiger partial charge in [0.15, 0.2) is 0 Å². The first-order chi connectivity index (χ1) is 15.8. The maximum absolute atomic E-state index is 13.2. The summed E-state index contributed by atoms with van der Waals surface area (Å²) >= 11 is 0. The van der Waals surface area contributed by atoms with E-state index in [1.807, 2.05) is 42.5 Å². The second-order valence-corrected chi connectivity index (χ2v) is 8.01. The summed E-state index contributed by atoms with van der Waals surface area (Å²) in [6.45, 7) is 1.30. The number of hydrogen-bond donors (Lipinski definition) is 2. The molecule has 2 N–H and O–H groups in total. The Balaban J connectivity index is 1.41. The van der Waals surface area contributed by atoms with Crippen molar-refractivity contribution in [3.8, 4) is 5.75 Å². The molecule has 1 aliphatic rings. The lowest BCUT2D eigenvalue weighted by molar-refractivity contribution is -0.132. The standard InChI is InChI=1S/C25H24N2O6/c1-25(19-10-7-16-5-3-4-6-18(16)13-19)23(30)27(24(31)26-25)14-20(28)15-33-21-11-8-17(9-12-21)22(29)32-2/h3-13,20,28H,14-15H2,1-2H3,(H,26,31). The van der Waals surface area contributed by atoms with Gasteiger partial charge in [-0.15, -0.1) is 0 Å². The Morgan fingerprint density at radius 1 is 1.06 bits per heavy atom. The number of hydrogen-bond acceptors (Lipinski definition) is 6. The van der Waals surface area contributed by atoms with Gasteiger partial charge < -0.3 is 19.9 Å². The lowest BCUT2D eigenvalue weighted by Gasteiger charge is -2.23. The third-order valence-corrected chi connectivity index (χ3v) is 5.71. The molecule has 8 heteroatoms. The Bertz CT molecular complexity index is 1210. The fraction of sp³-hybridized carbons (Fsp3) is 0.240. The van der Waals surface area contributed by atoms with Crippen molar-refractivity contribution in [3.05, 3.63) is 77.9 Å². The van der Waals surface area contributed by atoms with Crippen molar-refractivity contribution >= 4 is 28.7 Å². The predicted octanol–water partition coefficient (Wildman–Crippen LogP) is 2.83. The number of aliphatic hydroxyl groups is 1. The van der Waals surface area contributed by atoms with E-state index in [1.54, 1.807) is 31.2 Å². The molecule has 2 atom stereocenters. The number of esters is 1. The normalized spacial score (nSPS) is 18.8. The van der Waals surface area contributed by atoms with Crippen LogP contribution in [0.5, 0.6) is 5.75 Å². The number of imide groups is 1. The van der Waals surface area contributed by atoms with Crippen LogP contribution in [0.3, 0.4) is 0 Å². The van der Waals surface area contributed by atoms with Crippen LogP contribution in [0.4, 0.5) is 4.79 Å². The maximum atomic E-state index is 13.2. The number of nitrogens with zero attached hydrogens (tertiary/aromatic N) is 1. The van der Waals surface area contributed by atoms with Crippen LogP contribution in [0.1, 0.15) is 22.8 Å². The number of rotatable bonds is 7. The van der Waals surface area contributed by atoms with Gasteiger partial charge in [-0.3, -0.25) is 9.69 Å². The van der Waals surface area contributed by atoms with Gasteiger partial charge in [0.05, 0.1) is 19.2 Å². The van der Waals surface area contributed by atoms with Crippen molar-refractivity contribution in [2.45, 2.75) is 18.6 Å². The van der Waals surface area contributed by atoms with E-state index < -0.39 is 29.6 Å². The first-order valence-electron chi connectivity index (χ1n) is 10.4. The third kappa shape index (κ3) is 4.38. The highest BCUT2D eigenvalue weighted by atomic mass is 16.5. The first-order valence-corrected chi connectivity index (χ1v) is 10.4. The van der Waals surface area contributed by atoms with Crippen LogP contribution >= 0.6 is 0 Å². The van der Waals surface area contributed by atoms with Gasteiger partial charge in [0.1, 0.15) is 24.0 Å². The number of fused-ring (bicyclic) bond motifs is 1. The molecule has 0 radical (unpaired) electrons. The van der Waals surface area contributed by atoms with Crippen LogP contribution in [-0.2, 0) is 15.1 Å². The minimum atomic E-state index is -1.23. The summed E-state index contributed by atoms with van der Waals surface area (Å²) in [6.07, 6.45) is -1.10. The Morgan fingerprint density at radius 3 is 2.45 bits per heavy atom. The van der Waals surface area contributed by atoms with Gasteiger partial charge in [-0.2, -0.15) is 0 Å². The summed E-state index contributed by atoms with van der Waals surface area (Å²) in [5.74, 6) is -0.473. The fourth-order valence-electron chi connectivity index (χ4n) is 3.82. The van der Waals surface area contributed by atoms with E-state index in [2.05, 4.69) is 10.1 Å². The molecule has 0 aliphatic carbocycles. The fourth-order valence-corrected chi connectivity index (χ4v) is 3.82.